The number of piperidine rings is 4. The van der Waals surface area contributed by atoms with Crippen molar-refractivity contribution in [3.8, 4) is 6.07 Å². The van der Waals surface area contributed by atoms with Crippen molar-refractivity contribution in [2.45, 2.75) is 144 Å². The van der Waals surface area contributed by atoms with Gasteiger partial charge in [-0.05, 0) is 233 Å². The molecule has 4 N–H and O–H groups in total. The molecule has 6 heterocycles. The van der Waals surface area contributed by atoms with Crippen LogP contribution < -0.4 is 5.32 Å². The molecular weight excluding hydrogens is 1740 g/mol. The monoisotopic (exact) mass is 1830 g/mol. The lowest BCUT2D eigenvalue weighted by Crippen LogP contribution is -2.52. The van der Waals surface area contributed by atoms with Crippen LogP contribution in [0.1, 0.15) is 144 Å². The number of hydrogen-bond donors (Lipinski definition) is 4. The van der Waals surface area contributed by atoms with Gasteiger partial charge in [-0.15, -0.1) is 0 Å². The molecule has 5 aliphatic heterocycles. The van der Waals surface area contributed by atoms with Gasteiger partial charge < -0.3 is 54.3 Å². The van der Waals surface area contributed by atoms with Crippen molar-refractivity contribution in [3.63, 3.8) is 0 Å². The zero-order valence-electron chi connectivity index (χ0n) is 66.8. The van der Waals surface area contributed by atoms with E-state index in [9.17, 15) is 96.1 Å². The molecule has 121 heavy (non-hydrogen) atoms. The number of nitrogens with one attached hydrogen (secondary N) is 2. The Morgan fingerprint density at radius 3 is 1.17 bits per heavy atom. The second kappa shape index (κ2) is 48.5. The van der Waals surface area contributed by atoms with Gasteiger partial charge in [0.15, 0.2) is 69.8 Å². The van der Waals surface area contributed by atoms with Crippen molar-refractivity contribution in [1.29, 1.82) is 5.26 Å². The molecule has 34 heteroatoms. The maximum atomic E-state index is 13.4. The first-order valence-corrected chi connectivity index (χ1v) is 41.1. The number of methoxy groups -OCH3 is 2. The number of likely N-dealkylation sites (tertiary alicyclic amines) is 4. The summed E-state index contributed by atoms with van der Waals surface area (Å²) in [5.74, 6) is -19.8. The summed E-state index contributed by atoms with van der Waals surface area (Å²) in [6, 6.07) is 16.0. The molecule has 0 bridgehead atoms. The number of carboxylic acid groups (broad SMARTS) is 2. The molecule has 654 valence electrons. The van der Waals surface area contributed by atoms with Gasteiger partial charge in [-0.25, -0.2) is 52.7 Å². The fourth-order valence-electron chi connectivity index (χ4n) is 14.6. The second-order valence-electron chi connectivity index (χ2n) is 29.6. The number of fused-ring (bicyclic) bond motifs is 1. The van der Waals surface area contributed by atoms with Crippen LogP contribution in [0.5, 0.6) is 0 Å². The van der Waals surface area contributed by atoms with Gasteiger partial charge >= 0.3 is 23.9 Å². The SMILES string of the molecule is CC#N.CC1CCCO1.COC(=O)C(Br)C1CCN(C(=O)/C=C/c2cc(F)c(F)c(F)c2)CC1.COC(=O)CC1CCN(C(=O)/C=C/c2cc(F)c(F)c(F)c2)CC1.O=C(O)C(Br)C1CCN(C(=O)/C=C/c2cc(F)c(F)c(F)c2)CC1.O=C(O)C(NC1CCC(c2c[nH]c3ccccc23)CC1)C1CCN(C(=O)/C=C/c2cc(F)c(F)c(F)c2)CC1. The van der Waals surface area contributed by atoms with Crippen LogP contribution in [0.4, 0.5) is 52.7 Å². The molecule has 12 rings (SSSR count). The number of amides is 4. The summed E-state index contributed by atoms with van der Waals surface area (Å²) >= 11 is 6.43. The van der Waals surface area contributed by atoms with E-state index in [0.717, 1.165) is 92.4 Å². The minimum Gasteiger partial charge on any atom is -0.480 e. The maximum Gasteiger partial charge on any atom is 0.320 e. The van der Waals surface area contributed by atoms with E-state index in [-0.39, 0.29) is 87.5 Å². The third kappa shape index (κ3) is 29.9. The number of aliphatic carboxylic acids is 2. The van der Waals surface area contributed by atoms with Crippen molar-refractivity contribution in [2.75, 3.05) is 73.2 Å². The second-order valence-corrected chi connectivity index (χ2v) is 31.6. The van der Waals surface area contributed by atoms with Crippen LogP contribution in [0.15, 0.2) is 103 Å². The Morgan fingerprint density at radius 2 is 0.860 bits per heavy atom. The van der Waals surface area contributed by atoms with Crippen molar-refractivity contribution >= 4 is 115 Å². The summed E-state index contributed by atoms with van der Waals surface area (Å²) < 4.78 is 172. The van der Waals surface area contributed by atoms with Crippen molar-refractivity contribution in [1.82, 2.24) is 29.9 Å². The summed E-state index contributed by atoms with van der Waals surface area (Å²) in [6.45, 7) is 8.02. The number of esters is 2. The Kier molecular flexibility index (Phi) is 39.3. The predicted octanol–water partition coefficient (Wildman–Crippen LogP) is 16.7. The average molecular weight is 1830 g/mol. The molecule has 1 aromatic heterocycles. The summed E-state index contributed by atoms with van der Waals surface area (Å²) in [6.07, 6.45) is 23.8. The Morgan fingerprint density at radius 1 is 0.512 bits per heavy atom. The number of aromatic amines is 1. The molecule has 20 nitrogen and oxygen atoms in total. The fraction of sp³-hybridized carbons (Fsp3) is 0.437. The number of carbonyl (C=O) groups is 8. The minimum absolute atomic E-state index is 0.0426. The van der Waals surface area contributed by atoms with E-state index < -0.39 is 97.4 Å². The number of alkyl halides is 2. The van der Waals surface area contributed by atoms with Gasteiger partial charge in [-0.1, -0.05) is 50.1 Å². The van der Waals surface area contributed by atoms with Crippen molar-refractivity contribution in [3.05, 3.63) is 201 Å². The number of ether oxygens (including phenoxy) is 3. The third-order valence-electron chi connectivity index (χ3n) is 21.4. The number of nitrogens with zero attached hydrogens (tertiary/aromatic N) is 5. The molecule has 4 atom stereocenters. The molecular formula is C87H95Br2F12N7O13. The molecule has 6 aliphatic rings. The number of para-hydroxylation sites is 1. The van der Waals surface area contributed by atoms with Crippen molar-refractivity contribution in [2.24, 2.45) is 23.7 Å². The smallest absolute Gasteiger partial charge is 0.320 e. The highest BCUT2D eigenvalue weighted by molar-refractivity contribution is 9.10. The quantitative estimate of drug-likeness (QED) is 0.0193. The number of hydrogen-bond acceptors (Lipinski definition) is 13. The van der Waals surface area contributed by atoms with Gasteiger partial charge in [0.2, 0.25) is 23.6 Å². The van der Waals surface area contributed by atoms with E-state index in [1.165, 1.54) is 92.4 Å². The lowest BCUT2D eigenvalue weighted by molar-refractivity contribution is -0.143. The molecule has 6 fully saturated rings. The highest BCUT2D eigenvalue weighted by Gasteiger charge is 2.37. The van der Waals surface area contributed by atoms with Gasteiger partial charge in [-0.2, -0.15) is 5.26 Å². The van der Waals surface area contributed by atoms with E-state index >= 15 is 0 Å². The fourth-order valence-corrected chi connectivity index (χ4v) is 15.9. The van der Waals surface area contributed by atoms with Gasteiger partial charge in [0.1, 0.15) is 15.7 Å². The van der Waals surface area contributed by atoms with Crippen molar-refractivity contribution < 1.29 is 115 Å². The Labute approximate surface area is 709 Å². The first-order valence-electron chi connectivity index (χ1n) is 39.2. The number of rotatable bonds is 19. The topological polar surface area (TPSA) is 269 Å². The predicted molar refractivity (Wildman–Crippen MR) is 434 cm³/mol. The van der Waals surface area contributed by atoms with Crippen LogP contribution in [0.3, 0.4) is 0 Å². The van der Waals surface area contributed by atoms with Crippen LogP contribution in [0.2, 0.25) is 0 Å². The Balaban J connectivity index is 0.000000219. The molecule has 4 amide bonds. The highest BCUT2D eigenvalue weighted by atomic mass is 79.9. The first kappa shape index (κ1) is 98.0. The maximum absolute atomic E-state index is 13.4. The van der Waals surface area contributed by atoms with Crippen LogP contribution in [0.25, 0.3) is 35.2 Å². The zero-order valence-corrected chi connectivity index (χ0v) is 70.0. The van der Waals surface area contributed by atoms with E-state index in [1.54, 1.807) is 20.8 Å². The summed E-state index contributed by atoms with van der Waals surface area (Å²) in [5, 5.41) is 30.9. The summed E-state index contributed by atoms with van der Waals surface area (Å²) in [4.78, 5) is 103. The summed E-state index contributed by atoms with van der Waals surface area (Å²) in [5.41, 5.74) is 2.69. The molecule has 0 spiro atoms. The molecule has 1 aliphatic carbocycles. The third-order valence-corrected chi connectivity index (χ3v) is 23.7. The highest BCUT2D eigenvalue weighted by Crippen LogP contribution is 2.38. The van der Waals surface area contributed by atoms with Gasteiger partial charge in [0, 0.05) is 120 Å². The van der Waals surface area contributed by atoms with E-state index in [4.69, 9.17) is 15.1 Å². The van der Waals surface area contributed by atoms with E-state index in [0.29, 0.717) is 122 Å². The van der Waals surface area contributed by atoms with Crippen LogP contribution in [-0.2, 0) is 52.6 Å². The van der Waals surface area contributed by atoms with Crippen LogP contribution >= 0.6 is 31.9 Å². The standard InChI is InChI=1S/C30H32F3N3O3.C17H17BrF3NO3.C17H18F3NO3.C16H15BrF3NO3.C5H10O.C2H3N/c31-24-15-18(16-25(32)28(24)33)5-10-27(37)36-13-11-20(12-14-36)29(30(38)39)35-21-8-6-19(7-9-21)23-17-34-26-4-2-1-3-22(23)26;1-25-17(24)15(18)11-4-6-22(7-5-11)14(23)3-2-10-8-12(19)16(21)13(20)9-10;1-24-16(23)10-11-4-6-21(7-5-11)15(22)3-2-12-8-13(18)17(20)14(19)9-12;17-14(16(23)24)10-3-5-21(6-4-10)13(22)2-1-9-7-11(18)15(20)12(19)8-9;1-5-3-2-4-6-5;1-2-3/h1-5,10,15-17,19-21,29,34-35H,6-9,11-14H2,(H,38,39);2-3,8-9,11,15H,4-7H2,1H3;2-3,8-9,11H,4-7,10H2,1H3;1-2,7-8,10,14H,3-6H2,(H,23,24);5H,2-4H2,1H3;1H3/b10-5+;2*3-2+;2-1+;;. The van der Waals surface area contributed by atoms with E-state index in [1.807, 2.05) is 12.1 Å². The summed E-state index contributed by atoms with van der Waals surface area (Å²) in [7, 11) is 2.66. The minimum atomic E-state index is -1.55. The number of aromatic nitrogens is 1. The van der Waals surface area contributed by atoms with Crippen LogP contribution in [-0.4, -0.2) is 183 Å². The lowest BCUT2D eigenvalue weighted by atomic mass is 9.80. The van der Waals surface area contributed by atoms with Crippen LogP contribution in [0, 0.1) is 105 Å². The molecule has 6 aromatic rings. The van der Waals surface area contributed by atoms with Gasteiger partial charge in [-0.3, -0.25) is 38.4 Å². The average Bonchev–Trinajstić information content (AvgIpc) is 1.67. The van der Waals surface area contributed by atoms with E-state index in [2.05, 4.69) is 76.9 Å². The molecule has 5 saturated heterocycles. The first-order chi connectivity index (χ1) is 57.6. The van der Waals surface area contributed by atoms with Gasteiger partial charge in [0.05, 0.1) is 26.4 Å². The number of benzene rings is 5. The van der Waals surface area contributed by atoms with Gasteiger partial charge in [0.25, 0.3) is 0 Å². The molecule has 5 aromatic carbocycles. The number of H-pyrrole nitrogens is 1. The normalized spacial score (nSPS) is 18.7. The largest absolute Gasteiger partial charge is 0.480 e. The number of halogens is 14. The Hall–Kier alpha value is -10.1. The molecule has 0 radical (unpaired) electrons. The Bertz CT molecular complexity index is 4620. The zero-order chi connectivity index (χ0) is 88.7. The molecule has 1 saturated carbocycles. The lowest BCUT2D eigenvalue weighted by Gasteiger charge is -2.37. The molecule has 4 unspecified atom stereocenters. The number of carbonyl (C=O) groups excluding carboxylic acids is 6. The number of nitriles is 1. The number of carboxylic acids is 2.